The number of hydrogen-bond donors (Lipinski definition) is 6. The van der Waals surface area contributed by atoms with Gasteiger partial charge in [-0.2, -0.15) is 0 Å². The van der Waals surface area contributed by atoms with Crippen molar-refractivity contribution in [3.63, 3.8) is 0 Å². The first-order valence-electron chi connectivity index (χ1n) is 13.8. The third-order valence-electron chi connectivity index (χ3n) is 8.09. The molecule has 0 aliphatic heterocycles. The van der Waals surface area contributed by atoms with Crippen molar-refractivity contribution in [2.24, 2.45) is 23.0 Å². The summed E-state index contributed by atoms with van der Waals surface area (Å²) in [6.07, 6.45) is 0.223. The number of nitrogens with one attached hydrogen (secondary N) is 1. The second-order valence-electron chi connectivity index (χ2n) is 12.5. The number of Topliss-reactive ketones (excluding diaryl/α,β-unsaturated/α-hetero) is 2. The molecule has 0 saturated heterocycles. The molecular weight excluding hydrogens is 516 g/mol. The highest BCUT2D eigenvalue weighted by molar-refractivity contribution is 6.24. The normalized spacial score (nSPS) is 27.7. The number of phenolic OH excluding ortho intramolecular Hbond substituents is 1. The number of aliphatic hydroxyl groups excluding tert-OH is 2. The summed E-state index contributed by atoms with van der Waals surface area (Å²) in [5.74, 6) is -6.82. The summed E-state index contributed by atoms with van der Waals surface area (Å²) in [4.78, 5) is 43.0. The number of primary amides is 1. The molecule has 218 valence electrons. The molecule has 0 radical (unpaired) electrons. The Labute approximate surface area is 235 Å². The maximum Gasteiger partial charge on any atom is 0.255 e. The lowest BCUT2D eigenvalue weighted by Gasteiger charge is -2.50. The summed E-state index contributed by atoms with van der Waals surface area (Å²) in [5.41, 5.74) is 2.82. The van der Waals surface area contributed by atoms with E-state index in [0.29, 0.717) is 16.8 Å². The van der Waals surface area contributed by atoms with Crippen molar-refractivity contribution in [3.8, 4) is 5.75 Å². The Morgan fingerprint density at radius 2 is 1.82 bits per heavy atom. The molecule has 0 heterocycles. The minimum atomic E-state index is -2.69. The molecule has 0 saturated carbocycles. The highest BCUT2D eigenvalue weighted by atomic mass is 16.3. The largest absolute Gasteiger partial charge is 0.510 e. The molecule has 3 aliphatic rings. The van der Waals surface area contributed by atoms with Crippen LogP contribution in [0.4, 0.5) is 5.69 Å². The van der Waals surface area contributed by atoms with Gasteiger partial charge in [0.25, 0.3) is 5.91 Å². The van der Waals surface area contributed by atoms with Crippen molar-refractivity contribution in [1.82, 2.24) is 10.2 Å². The van der Waals surface area contributed by atoms with Gasteiger partial charge in [0.2, 0.25) is 5.78 Å². The zero-order chi connectivity index (χ0) is 30.9. The first-order valence-corrected chi connectivity index (χ1v) is 13.2. The lowest BCUT2D eigenvalue weighted by molar-refractivity contribution is -0.148. The van der Waals surface area contributed by atoms with Crippen LogP contribution in [0.2, 0.25) is 0 Å². The highest BCUT2D eigenvalue weighted by Crippen LogP contribution is 2.53. The Balaban J connectivity index is 1.90. The van der Waals surface area contributed by atoms with Crippen molar-refractivity contribution in [2.75, 3.05) is 39.6 Å². The number of likely N-dealkylation sites (N-methyl/N-ethyl adjacent to an activating group) is 1. The summed E-state index contributed by atoms with van der Waals surface area (Å²) in [7, 11) is 6.78. The van der Waals surface area contributed by atoms with Crippen molar-refractivity contribution >= 4 is 23.2 Å². The molecule has 4 rings (SSSR count). The molecule has 1 unspecified atom stereocenters. The summed E-state index contributed by atoms with van der Waals surface area (Å²) in [6.45, 7) is 5.14. The van der Waals surface area contributed by atoms with E-state index in [2.05, 4.69) is 5.32 Å². The van der Waals surface area contributed by atoms with Crippen LogP contribution in [0.1, 0.15) is 50.0 Å². The summed E-state index contributed by atoms with van der Waals surface area (Å²) < 4.78 is 8.36. The van der Waals surface area contributed by atoms with Gasteiger partial charge in [-0.15, -0.1) is 0 Å². The standard InChI is InChI=1S/C29H40N4O7/c1-28(2,3)12-31-11-14-10-17(32(4)5)15-8-13-9-16-21(33(6)7)24(36)20(27(30)39)26(38)29(16,40)25(37)18(13)23(35)19(15)22(14)34/h10,13,16,21,31,34,36-37,40H,8-9,11-12H2,1-7H3,(H2,30,39)/t13-,16-,21-,29-/m0/s1/i12D/t12?,13-,16-,21-,29-. The van der Waals surface area contributed by atoms with Crippen molar-refractivity contribution in [2.45, 2.75) is 51.8 Å². The number of amides is 1. The molecule has 40 heavy (non-hydrogen) atoms. The van der Waals surface area contributed by atoms with Crippen LogP contribution in [0, 0.1) is 17.3 Å². The predicted molar refractivity (Wildman–Crippen MR) is 149 cm³/mol. The fourth-order valence-corrected chi connectivity index (χ4v) is 6.35. The average molecular weight is 558 g/mol. The minimum Gasteiger partial charge on any atom is -0.510 e. The third-order valence-corrected chi connectivity index (χ3v) is 8.09. The number of rotatable bonds is 6. The highest BCUT2D eigenvalue weighted by Gasteiger charge is 2.63. The molecule has 3 aliphatic carbocycles. The zero-order valence-electron chi connectivity index (χ0n) is 25.0. The molecule has 11 heteroatoms. The molecule has 11 nitrogen and oxygen atoms in total. The smallest absolute Gasteiger partial charge is 0.255 e. The molecule has 0 spiro atoms. The van der Waals surface area contributed by atoms with Crippen LogP contribution in [0.25, 0.3) is 0 Å². The number of nitrogens with two attached hydrogens (primary N) is 1. The van der Waals surface area contributed by atoms with E-state index in [-0.39, 0.29) is 41.7 Å². The van der Waals surface area contributed by atoms with Crippen molar-refractivity contribution in [1.29, 1.82) is 0 Å². The lowest BCUT2D eigenvalue weighted by atomic mass is 9.58. The van der Waals surface area contributed by atoms with Gasteiger partial charge in [0, 0.05) is 51.3 Å². The number of carbonyl (C=O) groups excluding carboxylic acids is 3. The number of aromatic hydroxyl groups is 1. The number of allylic oxidation sites excluding steroid dienone is 1. The number of aliphatic hydroxyl groups is 3. The van der Waals surface area contributed by atoms with Gasteiger partial charge in [0.15, 0.2) is 11.4 Å². The van der Waals surface area contributed by atoms with Crippen LogP contribution in [-0.4, -0.2) is 89.2 Å². The first-order chi connectivity index (χ1) is 18.8. The Morgan fingerprint density at radius 3 is 2.35 bits per heavy atom. The van der Waals surface area contributed by atoms with Crippen LogP contribution >= 0.6 is 0 Å². The van der Waals surface area contributed by atoms with Gasteiger partial charge in [-0.05, 0) is 49.9 Å². The number of carbonyl (C=O) groups is 3. The number of fused-ring (bicyclic) bond motifs is 3. The van der Waals surface area contributed by atoms with E-state index in [1.54, 1.807) is 34.3 Å². The number of nitrogens with zero attached hydrogens (tertiary/aromatic N) is 2. The quantitative estimate of drug-likeness (QED) is 0.280. The van der Waals surface area contributed by atoms with E-state index in [4.69, 9.17) is 7.10 Å². The van der Waals surface area contributed by atoms with Gasteiger partial charge in [0.1, 0.15) is 22.8 Å². The van der Waals surface area contributed by atoms with Gasteiger partial charge < -0.3 is 36.4 Å². The lowest BCUT2D eigenvalue weighted by Crippen LogP contribution is -2.63. The Hall–Kier alpha value is -3.41. The first kappa shape index (κ1) is 28.1. The van der Waals surface area contributed by atoms with Crippen molar-refractivity contribution in [3.05, 3.63) is 45.4 Å². The van der Waals surface area contributed by atoms with E-state index < -0.39 is 64.6 Å². The van der Waals surface area contributed by atoms with E-state index in [0.717, 1.165) is 0 Å². The van der Waals surface area contributed by atoms with E-state index >= 15 is 0 Å². The summed E-state index contributed by atoms with van der Waals surface area (Å²) in [6, 6.07) is 0.717. The molecule has 0 aromatic heterocycles. The maximum absolute atomic E-state index is 14.1. The molecule has 1 amide bonds. The van der Waals surface area contributed by atoms with E-state index in [1.165, 1.54) is 4.90 Å². The summed E-state index contributed by atoms with van der Waals surface area (Å²) in [5, 5.41) is 48.6. The maximum atomic E-state index is 14.1. The fraction of sp³-hybridized carbons (Fsp3) is 0.552. The van der Waals surface area contributed by atoms with Crippen molar-refractivity contribution < 1.29 is 36.2 Å². The number of anilines is 1. The minimum absolute atomic E-state index is 0.0226. The number of hydrogen-bond acceptors (Lipinski definition) is 10. The molecule has 0 fully saturated rings. The molecule has 5 atom stereocenters. The third kappa shape index (κ3) is 4.46. The van der Waals surface area contributed by atoms with E-state index in [9.17, 15) is 34.8 Å². The Morgan fingerprint density at radius 1 is 1.20 bits per heavy atom. The molecule has 7 N–H and O–H groups in total. The van der Waals surface area contributed by atoms with Gasteiger partial charge in [-0.1, -0.05) is 20.8 Å². The molecule has 0 bridgehead atoms. The summed E-state index contributed by atoms with van der Waals surface area (Å²) >= 11 is 0. The fourth-order valence-electron chi connectivity index (χ4n) is 6.35. The van der Waals surface area contributed by atoms with Gasteiger partial charge in [-0.3, -0.25) is 19.3 Å². The average Bonchev–Trinajstić information content (AvgIpc) is 2.84. The van der Waals surface area contributed by atoms with Crippen LogP contribution in [0.15, 0.2) is 28.7 Å². The molecule has 1 aromatic rings. The predicted octanol–water partition coefficient (Wildman–Crippen LogP) is 1.32. The van der Waals surface area contributed by atoms with E-state index in [1.807, 2.05) is 25.7 Å². The number of phenols is 1. The van der Waals surface area contributed by atoms with Crippen LogP contribution in [0.3, 0.4) is 0 Å². The molecule has 1 aromatic carbocycles. The van der Waals surface area contributed by atoms with Gasteiger partial charge in [-0.25, -0.2) is 0 Å². The second kappa shape index (κ2) is 9.90. The van der Waals surface area contributed by atoms with Crippen LogP contribution in [-0.2, 0) is 22.6 Å². The topological polar surface area (TPSA) is 177 Å². The number of benzene rings is 1. The monoisotopic (exact) mass is 557 g/mol. The molecular formula is C29H40N4O7. The Kier molecular flexibility index (Phi) is 6.96. The van der Waals surface area contributed by atoms with Gasteiger partial charge in [0.05, 0.1) is 11.6 Å². The van der Waals surface area contributed by atoms with Gasteiger partial charge >= 0.3 is 0 Å². The zero-order valence-corrected chi connectivity index (χ0v) is 24.0. The van der Waals surface area contributed by atoms with Crippen LogP contribution in [0.5, 0.6) is 5.75 Å². The SMILES string of the molecule is [2H]C(NCc1cc(N(C)C)c2c(c1O)C(=O)C1=C(O)[C@]3(O)C(=O)C(C(N)=O)=C(O)[C@@H](N(C)C)[C@@H]3C[C@@H]1C2)C(C)(C)C. The number of ketones is 2. The second-order valence-corrected chi connectivity index (χ2v) is 12.5. The van der Waals surface area contributed by atoms with Crippen LogP contribution < -0.4 is 16.0 Å². The Bertz CT molecular complexity index is 1390.